The zero-order valence-electron chi connectivity index (χ0n) is 8.52. The van der Waals surface area contributed by atoms with Gasteiger partial charge in [0.05, 0.1) is 6.54 Å². The average molecular weight is 191 g/mol. The fourth-order valence-electron chi connectivity index (χ4n) is 2.03. The molecule has 1 unspecified atom stereocenters. The molecule has 0 amide bonds. The summed E-state index contributed by atoms with van der Waals surface area (Å²) in [5, 5.41) is 0. The van der Waals surface area contributed by atoms with Crippen LogP contribution in [0, 0.1) is 5.92 Å². The van der Waals surface area contributed by atoms with Crippen molar-refractivity contribution in [2.24, 2.45) is 5.92 Å². The Kier molecular flexibility index (Phi) is 3.65. The highest BCUT2D eigenvalue weighted by Crippen LogP contribution is 2.35. The highest BCUT2D eigenvalue weighted by molar-refractivity contribution is 4.85. The van der Waals surface area contributed by atoms with Crippen LogP contribution in [0.15, 0.2) is 0 Å². The lowest BCUT2D eigenvalue weighted by molar-refractivity contribution is -0.112. The molecule has 3 heteroatoms. The second kappa shape index (κ2) is 4.36. The van der Waals surface area contributed by atoms with E-state index >= 15 is 0 Å². The van der Waals surface area contributed by atoms with Crippen molar-refractivity contribution in [1.29, 1.82) is 0 Å². The molecule has 78 valence electrons. The van der Waals surface area contributed by atoms with E-state index in [-0.39, 0.29) is 12.5 Å². The van der Waals surface area contributed by atoms with Gasteiger partial charge >= 0.3 is 0 Å². The first kappa shape index (κ1) is 10.9. The molecule has 13 heavy (non-hydrogen) atoms. The number of nitrogens with zero attached hydrogens (tertiary/aromatic N) is 1. The number of hydrogen-bond acceptors (Lipinski definition) is 1. The monoisotopic (exact) mass is 191 g/mol. The summed E-state index contributed by atoms with van der Waals surface area (Å²) in [5.74, 6) is -2.83. The third kappa shape index (κ3) is 2.63. The van der Waals surface area contributed by atoms with Gasteiger partial charge in [0.2, 0.25) is 0 Å². The van der Waals surface area contributed by atoms with E-state index in [4.69, 9.17) is 0 Å². The highest BCUT2D eigenvalue weighted by atomic mass is 19.3. The normalized spacial score (nSPS) is 29.1. The maximum absolute atomic E-state index is 13.5. The molecule has 0 aromatic rings. The molecular weight excluding hydrogens is 172 g/mol. The van der Waals surface area contributed by atoms with Gasteiger partial charge in [-0.25, -0.2) is 8.78 Å². The Hall–Kier alpha value is -0.180. The van der Waals surface area contributed by atoms with Gasteiger partial charge in [0.15, 0.2) is 0 Å². The third-order valence-electron chi connectivity index (χ3n) is 2.91. The van der Waals surface area contributed by atoms with Gasteiger partial charge < -0.3 is 0 Å². The van der Waals surface area contributed by atoms with Crippen molar-refractivity contribution in [3.63, 3.8) is 0 Å². The Labute approximate surface area is 79.1 Å². The fraction of sp³-hybridized carbons (Fsp3) is 1.00. The Morgan fingerprint density at radius 2 is 2.08 bits per heavy atom. The molecule has 0 saturated carbocycles. The van der Waals surface area contributed by atoms with Gasteiger partial charge in [0.1, 0.15) is 0 Å². The molecular formula is C10H19F2N. The lowest BCUT2D eigenvalue weighted by Gasteiger charge is -2.37. The minimum Gasteiger partial charge on any atom is -0.298 e. The molecule has 1 nitrogen and oxygen atoms in total. The second-order valence-electron chi connectivity index (χ2n) is 3.90. The summed E-state index contributed by atoms with van der Waals surface area (Å²) in [5.41, 5.74) is 0. The first-order chi connectivity index (χ1) is 6.10. The zero-order valence-corrected chi connectivity index (χ0v) is 8.52. The topological polar surface area (TPSA) is 3.24 Å². The fourth-order valence-corrected chi connectivity index (χ4v) is 2.03. The van der Waals surface area contributed by atoms with Crippen LogP contribution in [0.5, 0.6) is 0 Å². The van der Waals surface area contributed by atoms with Crippen molar-refractivity contribution in [3.8, 4) is 0 Å². The Morgan fingerprint density at radius 3 is 2.54 bits per heavy atom. The number of piperidine rings is 1. The van der Waals surface area contributed by atoms with Crippen molar-refractivity contribution in [2.45, 2.75) is 39.0 Å². The molecule has 0 aliphatic carbocycles. The minimum absolute atomic E-state index is 0.0336. The average Bonchev–Trinajstić information content (AvgIpc) is 2.08. The van der Waals surface area contributed by atoms with Crippen molar-refractivity contribution < 1.29 is 8.78 Å². The molecule has 0 radical (unpaired) electrons. The van der Waals surface area contributed by atoms with Crippen LogP contribution in [-0.4, -0.2) is 30.5 Å². The maximum atomic E-state index is 13.5. The van der Waals surface area contributed by atoms with Gasteiger partial charge in [0, 0.05) is 5.92 Å². The van der Waals surface area contributed by atoms with Crippen LogP contribution in [0.2, 0.25) is 0 Å². The van der Waals surface area contributed by atoms with Crippen molar-refractivity contribution in [3.05, 3.63) is 0 Å². The van der Waals surface area contributed by atoms with E-state index in [2.05, 4.69) is 0 Å². The van der Waals surface area contributed by atoms with Gasteiger partial charge in [-0.2, -0.15) is 0 Å². The molecule has 1 fully saturated rings. The molecule has 1 atom stereocenters. The Balaban J connectivity index is 2.51. The molecule has 0 bridgehead atoms. The summed E-state index contributed by atoms with van der Waals surface area (Å²) in [6, 6.07) is 0. The molecule has 1 heterocycles. The summed E-state index contributed by atoms with van der Waals surface area (Å²) in [6.07, 6.45) is 2.20. The molecule has 0 N–H and O–H groups in total. The van der Waals surface area contributed by atoms with E-state index in [1.807, 2.05) is 18.7 Å². The van der Waals surface area contributed by atoms with E-state index in [1.165, 1.54) is 0 Å². The number of halogens is 2. The summed E-state index contributed by atoms with van der Waals surface area (Å²) < 4.78 is 26.9. The van der Waals surface area contributed by atoms with Gasteiger partial charge in [0.25, 0.3) is 5.92 Å². The summed E-state index contributed by atoms with van der Waals surface area (Å²) >= 11 is 0. The van der Waals surface area contributed by atoms with Crippen molar-refractivity contribution in [1.82, 2.24) is 4.90 Å². The second-order valence-corrected chi connectivity index (χ2v) is 3.90. The summed E-state index contributed by atoms with van der Waals surface area (Å²) in [6.45, 7) is 5.47. The number of likely N-dealkylation sites (tertiary alicyclic amines) is 1. The van der Waals surface area contributed by atoms with Crippen LogP contribution in [0.25, 0.3) is 0 Å². The largest absolute Gasteiger partial charge is 0.298 e. The smallest absolute Gasteiger partial charge is 0.263 e. The highest BCUT2D eigenvalue weighted by Gasteiger charge is 2.43. The van der Waals surface area contributed by atoms with Crippen LogP contribution in [0.4, 0.5) is 8.78 Å². The molecule has 1 aliphatic rings. The van der Waals surface area contributed by atoms with E-state index in [1.54, 1.807) is 0 Å². The minimum atomic E-state index is -2.45. The third-order valence-corrected chi connectivity index (χ3v) is 2.91. The van der Waals surface area contributed by atoms with Crippen LogP contribution in [0.3, 0.4) is 0 Å². The lowest BCUT2D eigenvalue weighted by Crippen LogP contribution is -2.48. The van der Waals surface area contributed by atoms with Gasteiger partial charge in [-0.1, -0.05) is 20.3 Å². The predicted molar refractivity (Wildman–Crippen MR) is 50.1 cm³/mol. The van der Waals surface area contributed by atoms with E-state index in [0.717, 1.165) is 19.5 Å². The zero-order chi connectivity index (χ0) is 9.90. The first-order valence-electron chi connectivity index (χ1n) is 5.20. The quantitative estimate of drug-likeness (QED) is 0.663. The lowest BCUT2D eigenvalue weighted by atomic mass is 9.89. The standard InChI is InChI=1S/C10H19F2N/c1-3-5-9-6-7-13(4-2)8-10(9,11)12/h9H,3-8H2,1-2H3. The van der Waals surface area contributed by atoms with Crippen molar-refractivity contribution >= 4 is 0 Å². The van der Waals surface area contributed by atoms with Gasteiger partial charge in [-0.15, -0.1) is 0 Å². The molecule has 0 spiro atoms. The Morgan fingerprint density at radius 1 is 1.38 bits per heavy atom. The number of alkyl halides is 2. The van der Waals surface area contributed by atoms with E-state index in [0.29, 0.717) is 12.8 Å². The summed E-state index contributed by atoms with van der Waals surface area (Å²) in [7, 11) is 0. The van der Waals surface area contributed by atoms with Gasteiger partial charge in [-0.3, -0.25) is 4.90 Å². The van der Waals surface area contributed by atoms with Crippen LogP contribution >= 0.6 is 0 Å². The van der Waals surface area contributed by atoms with Crippen LogP contribution < -0.4 is 0 Å². The van der Waals surface area contributed by atoms with Crippen molar-refractivity contribution in [2.75, 3.05) is 19.6 Å². The SMILES string of the molecule is CCCC1CCN(CC)CC1(F)F. The van der Waals surface area contributed by atoms with E-state index < -0.39 is 5.92 Å². The first-order valence-corrected chi connectivity index (χ1v) is 5.20. The van der Waals surface area contributed by atoms with E-state index in [9.17, 15) is 8.78 Å². The molecule has 0 aromatic heterocycles. The van der Waals surface area contributed by atoms with Crippen LogP contribution in [0.1, 0.15) is 33.1 Å². The Bertz CT molecular complexity index is 159. The predicted octanol–water partition coefficient (Wildman–Crippen LogP) is 2.76. The van der Waals surface area contributed by atoms with Gasteiger partial charge in [-0.05, 0) is 25.9 Å². The maximum Gasteiger partial charge on any atom is 0.263 e. The summed E-state index contributed by atoms with van der Waals surface area (Å²) in [4.78, 5) is 1.84. The van der Waals surface area contributed by atoms with Crippen LogP contribution in [-0.2, 0) is 0 Å². The number of rotatable bonds is 3. The molecule has 1 rings (SSSR count). The molecule has 1 saturated heterocycles. The number of hydrogen-bond donors (Lipinski definition) is 0. The molecule has 1 aliphatic heterocycles. The molecule has 0 aromatic carbocycles.